The van der Waals surface area contributed by atoms with E-state index in [0.717, 1.165) is 18.0 Å². The van der Waals surface area contributed by atoms with Crippen LogP contribution in [0.15, 0.2) is 29.3 Å². The second-order valence-electron chi connectivity index (χ2n) is 7.37. The maximum absolute atomic E-state index is 6.01. The Balaban J connectivity index is 2.10. The summed E-state index contributed by atoms with van der Waals surface area (Å²) in [6.45, 7) is 7.57. The van der Waals surface area contributed by atoms with Crippen molar-refractivity contribution in [3.63, 3.8) is 0 Å². The van der Waals surface area contributed by atoms with Crippen LogP contribution in [0.3, 0.4) is 0 Å². The lowest BCUT2D eigenvalue weighted by Gasteiger charge is -2.21. The van der Waals surface area contributed by atoms with E-state index >= 15 is 0 Å². The van der Waals surface area contributed by atoms with Crippen LogP contribution in [-0.2, 0) is 4.74 Å². The molecule has 1 aliphatic rings. The normalized spacial score (nSPS) is 16.1. The molecule has 0 unspecified atom stereocenters. The second kappa shape index (κ2) is 9.93. The molecule has 0 amide bonds. The molecule has 0 N–H and O–H groups in total. The van der Waals surface area contributed by atoms with E-state index in [0.29, 0.717) is 11.8 Å². The largest absolute Gasteiger partial charge is 0.497 e. The van der Waals surface area contributed by atoms with Gasteiger partial charge in [-0.2, -0.15) is 0 Å². The number of nitrogens with zero attached hydrogens (tertiary/aromatic N) is 1. The molecule has 0 spiro atoms. The van der Waals surface area contributed by atoms with Crippen molar-refractivity contribution in [2.75, 3.05) is 13.7 Å². The molecule has 1 saturated carbocycles. The highest BCUT2D eigenvalue weighted by Crippen LogP contribution is 2.24. The maximum atomic E-state index is 6.01. The van der Waals surface area contributed by atoms with Crippen molar-refractivity contribution in [2.45, 2.75) is 51.7 Å². The van der Waals surface area contributed by atoms with Gasteiger partial charge in [0.25, 0.3) is 5.90 Å². The Labute approximate surface area is 157 Å². The summed E-state index contributed by atoms with van der Waals surface area (Å²) in [6.07, 6.45) is 6.49. The van der Waals surface area contributed by atoms with Crippen LogP contribution in [0.4, 0.5) is 5.69 Å². The number of hydrogen-bond donors (Lipinski definition) is 0. The first kappa shape index (κ1) is 19.9. The molecule has 0 radical (unpaired) electrons. The Morgan fingerprint density at radius 1 is 1.24 bits per heavy atom. The fraction of sp³-hybridized carbons (Fsp3) is 0.550. The van der Waals surface area contributed by atoms with Crippen molar-refractivity contribution in [3.8, 4) is 16.9 Å². The lowest BCUT2D eigenvalue weighted by molar-refractivity contribution is 0.202. The van der Waals surface area contributed by atoms with Crippen molar-refractivity contribution in [1.29, 1.82) is 0 Å². The van der Waals surface area contributed by atoms with Crippen LogP contribution in [0.2, 0.25) is 19.6 Å². The lowest BCUT2D eigenvalue weighted by Crippen LogP contribution is -2.16. The van der Waals surface area contributed by atoms with Crippen LogP contribution >= 0.6 is 11.2 Å². The molecule has 1 aromatic rings. The van der Waals surface area contributed by atoms with Crippen LogP contribution in [0.25, 0.3) is 0 Å². The standard InChI is InChI=1S/C20H29NO2SSi/c1-22-19-12-8-11-18(15-19)21-20(13-14-24-25(2,3)4)23-16-17-9-6-5-7-10-17/h8,11-12,15,17H,5-7,9-10,16H2,1-4H3. The number of ether oxygens (including phenoxy) is 2. The monoisotopic (exact) mass is 375 g/mol. The van der Waals surface area contributed by atoms with Gasteiger partial charge in [-0.05, 0) is 36.1 Å². The number of aliphatic imine (C=N–C) groups is 1. The zero-order valence-electron chi connectivity index (χ0n) is 15.8. The van der Waals surface area contributed by atoms with E-state index < -0.39 is 7.22 Å². The van der Waals surface area contributed by atoms with Crippen molar-refractivity contribution >= 4 is 30.0 Å². The van der Waals surface area contributed by atoms with Crippen molar-refractivity contribution < 1.29 is 9.47 Å². The van der Waals surface area contributed by atoms with Crippen LogP contribution < -0.4 is 4.74 Å². The van der Waals surface area contributed by atoms with Crippen LogP contribution in [0.1, 0.15) is 32.1 Å². The van der Waals surface area contributed by atoms with Crippen molar-refractivity contribution in [1.82, 2.24) is 0 Å². The number of hydrogen-bond acceptors (Lipinski definition) is 4. The molecule has 1 aromatic carbocycles. The molecule has 1 aliphatic carbocycles. The highest BCUT2D eigenvalue weighted by atomic mass is 32.4. The predicted molar refractivity (Wildman–Crippen MR) is 111 cm³/mol. The Morgan fingerprint density at radius 3 is 2.68 bits per heavy atom. The van der Waals surface area contributed by atoms with Crippen molar-refractivity contribution in [2.24, 2.45) is 10.9 Å². The van der Waals surface area contributed by atoms with Gasteiger partial charge in [0.1, 0.15) is 13.0 Å². The summed E-state index contributed by atoms with van der Waals surface area (Å²) in [7, 11) is 0.387. The van der Waals surface area contributed by atoms with E-state index in [4.69, 9.17) is 9.47 Å². The van der Waals surface area contributed by atoms with E-state index in [2.05, 4.69) is 35.8 Å². The zero-order valence-corrected chi connectivity index (χ0v) is 17.6. The lowest BCUT2D eigenvalue weighted by atomic mass is 9.90. The summed E-state index contributed by atoms with van der Waals surface area (Å²) in [6, 6.07) is 7.69. The van der Waals surface area contributed by atoms with E-state index in [1.165, 1.54) is 32.1 Å². The summed E-state index contributed by atoms with van der Waals surface area (Å²) in [4.78, 5) is 4.61. The first-order valence-electron chi connectivity index (χ1n) is 9.01. The van der Waals surface area contributed by atoms with Crippen molar-refractivity contribution in [3.05, 3.63) is 24.3 Å². The molecule has 136 valence electrons. The van der Waals surface area contributed by atoms with Gasteiger partial charge in [0.05, 0.1) is 19.4 Å². The maximum Gasteiger partial charge on any atom is 0.269 e. The Hall–Kier alpha value is -1.38. The Morgan fingerprint density at radius 2 is 2.00 bits per heavy atom. The smallest absolute Gasteiger partial charge is 0.269 e. The molecular weight excluding hydrogens is 346 g/mol. The summed E-state index contributed by atoms with van der Waals surface area (Å²) in [5.74, 6) is 5.08. The molecule has 2 rings (SSSR count). The Kier molecular flexibility index (Phi) is 7.92. The van der Waals surface area contributed by atoms with E-state index in [-0.39, 0.29) is 0 Å². The van der Waals surface area contributed by atoms with Gasteiger partial charge in [-0.25, -0.2) is 4.99 Å². The van der Waals surface area contributed by atoms with Gasteiger partial charge in [-0.3, -0.25) is 0 Å². The van der Waals surface area contributed by atoms with Gasteiger partial charge in [0, 0.05) is 12.0 Å². The van der Waals surface area contributed by atoms with Crippen LogP contribution in [-0.4, -0.2) is 26.8 Å². The average Bonchev–Trinajstić information content (AvgIpc) is 2.59. The van der Waals surface area contributed by atoms with Gasteiger partial charge >= 0.3 is 0 Å². The highest BCUT2D eigenvalue weighted by Gasteiger charge is 2.15. The third-order valence-electron chi connectivity index (χ3n) is 3.98. The first-order chi connectivity index (χ1) is 12.0. The van der Waals surface area contributed by atoms with Gasteiger partial charge < -0.3 is 9.47 Å². The SMILES string of the molecule is COc1cccc(N=C(C#CS[Si](C)(C)C)OCC2CCCCC2)c1. The summed E-state index contributed by atoms with van der Waals surface area (Å²) in [5.41, 5.74) is 0.810. The highest BCUT2D eigenvalue weighted by molar-refractivity contribution is 8.32. The topological polar surface area (TPSA) is 30.8 Å². The van der Waals surface area contributed by atoms with Gasteiger partial charge in [0.2, 0.25) is 0 Å². The fourth-order valence-corrected chi connectivity index (χ4v) is 4.18. The molecule has 0 aromatic heterocycles. The molecule has 3 nitrogen and oxygen atoms in total. The fourth-order valence-electron chi connectivity index (χ4n) is 2.67. The molecule has 0 bridgehead atoms. The average molecular weight is 376 g/mol. The van der Waals surface area contributed by atoms with Crippen LogP contribution in [0, 0.1) is 17.1 Å². The predicted octanol–water partition coefficient (Wildman–Crippen LogP) is 5.85. The molecular formula is C20H29NO2SSi. The Bertz CT molecular complexity index is 637. The molecule has 0 atom stereocenters. The minimum absolute atomic E-state index is 0.518. The van der Waals surface area contributed by atoms with E-state index in [1.54, 1.807) is 18.3 Å². The number of rotatable bonds is 5. The van der Waals surface area contributed by atoms with Gasteiger partial charge in [-0.15, -0.1) is 11.2 Å². The third-order valence-corrected chi connectivity index (χ3v) is 6.94. The molecule has 25 heavy (non-hydrogen) atoms. The summed E-state index contributed by atoms with van der Waals surface area (Å²) >= 11 is 1.73. The minimum atomic E-state index is -1.27. The molecule has 0 heterocycles. The molecule has 0 aliphatic heterocycles. The number of benzene rings is 1. The molecule has 1 fully saturated rings. The molecule has 5 heteroatoms. The van der Waals surface area contributed by atoms with Gasteiger partial charge in [0.15, 0.2) is 0 Å². The summed E-state index contributed by atoms with van der Waals surface area (Å²) < 4.78 is 11.3. The second-order valence-corrected chi connectivity index (χ2v) is 16.3. The zero-order chi connectivity index (χ0) is 18.1. The van der Waals surface area contributed by atoms with E-state index in [9.17, 15) is 0 Å². The van der Waals surface area contributed by atoms with Gasteiger partial charge in [-0.1, -0.05) is 45.0 Å². The van der Waals surface area contributed by atoms with Crippen LogP contribution in [0.5, 0.6) is 5.75 Å². The molecule has 0 saturated heterocycles. The quantitative estimate of drug-likeness (QED) is 0.280. The van der Waals surface area contributed by atoms with E-state index in [1.807, 2.05) is 24.3 Å². The minimum Gasteiger partial charge on any atom is -0.497 e. The third kappa shape index (κ3) is 8.02. The summed E-state index contributed by atoms with van der Waals surface area (Å²) in [5, 5.41) is 3.20. The number of methoxy groups -OCH3 is 1. The first-order valence-corrected chi connectivity index (χ1v) is 14.0.